The maximum Gasteiger partial charge on any atom is 0.310 e. The maximum absolute atomic E-state index is 13.5. The van der Waals surface area contributed by atoms with Crippen molar-refractivity contribution in [1.29, 1.82) is 0 Å². The van der Waals surface area contributed by atoms with Gasteiger partial charge < -0.3 is 58.0 Å². The SMILES string of the molecule is COc1cc([C@@H]2c3cc4c(cc3[C@@H](O[C@@H]3O[C@@H]5CO[C@H](c6ccsc6)O[C@H]5[C@H](O)[C@H]3O)[C@H]3COC(=O)[C@H]23)OCO4)cc(OC)c1O. The molecule has 0 spiro atoms. The van der Waals surface area contributed by atoms with Gasteiger partial charge in [0, 0.05) is 17.4 Å². The van der Waals surface area contributed by atoms with Crippen LogP contribution in [-0.4, -0.2) is 86.2 Å². The second-order valence-electron chi connectivity index (χ2n) is 11.8. The van der Waals surface area contributed by atoms with Gasteiger partial charge in [-0.05, 0) is 57.8 Å². The third kappa shape index (κ3) is 4.70. The van der Waals surface area contributed by atoms with Crippen LogP contribution < -0.4 is 18.9 Å². The summed E-state index contributed by atoms with van der Waals surface area (Å²) in [6.07, 6.45) is -7.18. The lowest BCUT2D eigenvalue weighted by Crippen LogP contribution is -2.62. The Bertz CT molecular complexity index is 1600. The van der Waals surface area contributed by atoms with Gasteiger partial charge in [0.15, 0.2) is 35.6 Å². The van der Waals surface area contributed by atoms with Crippen LogP contribution >= 0.6 is 11.3 Å². The zero-order chi connectivity index (χ0) is 31.7. The van der Waals surface area contributed by atoms with Crippen molar-refractivity contribution in [2.45, 2.75) is 49.0 Å². The number of cyclic esters (lactones) is 1. The molecule has 1 aromatic heterocycles. The Morgan fingerprint density at radius 1 is 0.891 bits per heavy atom. The second kappa shape index (κ2) is 11.6. The van der Waals surface area contributed by atoms with Gasteiger partial charge >= 0.3 is 5.97 Å². The van der Waals surface area contributed by atoms with E-state index < -0.39 is 66.8 Å². The average Bonchev–Trinajstić information content (AvgIpc) is 3.85. The van der Waals surface area contributed by atoms with E-state index in [9.17, 15) is 20.1 Å². The van der Waals surface area contributed by atoms with Gasteiger partial charge in [0.2, 0.25) is 12.5 Å². The molecule has 5 aliphatic rings. The molecule has 0 unspecified atom stereocenters. The van der Waals surface area contributed by atoms with Crippen molar-refractivity contribution in [2.75, 3.05) is 34.2 Å². The van der Waals surface area contributed by atoms with Crippen molar-refractivity contribution < 1.29 is 62.7 Å². The lowest BCUT2D eigenvalue weighted by molar-refractivity contribution is -0.369. The first-order valence-corrected chi connectivity index (χ1v) is 15.8. The fraction of sp³-hybridized carbons (Fsp3) is 0.469. The Morgan fingerprint density at radius 2 is 1.63 bits per heavy atom. The molecule has 0 radical (unpaired) electrons. The summed E-state index contributed by atoms with van der Waals surface area (Å²) in [6, 6.07) is 8.81. The quantitative estimate of drug-likeness (QED) is 0.333. The van der Waals surface area contributed by atoms with E-state index in [1.165, 1.54) is 25.6 Å². The summed E-state index contributed by atoms with van der Waals surface area (Å²) in [7, 11) is 2.86. The minimum Gasteiger partial charge on any atom is -0.502 e. The van der Waals surface area contributed by atoms with Crippen LogP contribution in [0.3, 0.4) is 0 Å². The summed E-state index contributed by atoms with van der Waals surface area (Å²) in [5, 5.41) is 36.9. The molecular formula is C32H32O13S. The normalized spacial score (nSPS) is 34.3. The number of fused-ring (bicyclic) bond motifs is 4. The summed E-state index contributed by atoms with van der Waals surface area (Å²) >= 11 is 1.50. The molecule has 3 fully saturated rings. The molecular weight excluding hydrogens is 624 g/mol. The number of thiophene rings is 1. The van der Waals surface area contributed by atoms with Crippen LogP contribution in [0, 0.1) is 11.8 Å². The van der Waals surface area contributed by atoms with Gasteiger partial charge in [-0.15, -0.1) is 0 Å². The summed E-state index contributed by atoms with van der Waals surface area (Å²) in [5.41, 5.74) is 2.82. The van der Waals surface area contributed by atoms with E-state index in [4.69, 9.17) is 42.6 Å². The molecule has 13 nitrogen and oxygen atoms in total. The van der Waals surface area contributed by atoms with Gasteiger partial charge in [-0.1, -0.05) is 0 Å². The maximum atomic E-state index is 13.5. The van der Waals surface area contributed by atoms with Gasteiger partial charge in [0.1, 0.15) is 24.4 Å². The highest BCUT2D eigenvalue weighted by molar-refractivity contribution is 7.07. The second-order valence-corrected chi connectivity index (χ2v) is 12.6. The highest BCUT2D eigenvalue weighted by atomic mass is 32.1. The molecule has 3 N–H and O–H groups in total. The van der Waals surface area contributed by atoms with E-state index >= 15 is 0 Å². The van der Waals surface area contributed by atoms with Crippen molar-refractivity contribution in [3.8, 4) is 28.7 Å². The number of aliphatic hydroxyl groups excluding tert-OH is 2. The zero-order valence-corrected chi connectivity index (χ0v) is 25.6. The molecule has 4 aliphatic heterocycles. The van der Waals surface area contributed by atoms with Crippen LogP contribution in [0.15, 0.2) is 41.1 Å². The topological polar surface area (TPSA) is 161 Å². The van der Waals surface area contributed by atoms with Gasteiger partial charge in [0.25, 0.3) is 0 Å². The Hall–Kier alpha value is -3.63. The first kappa shape index (κ1) is 29.8. The third-order valence-electron chi connectivity index (χ3n) is 9.41. The summed E-state index contributed by atoms with van der Waals surface area (Å²) in [6.45, 7) is 0.169. The Labute approximate surface area is 267 Å². The summed E-state index contributed by atoms with van der Waals surface area (Å²) in [5.74, 6) is -1.09. The fourth-order valence-electron chi connectivity index (χ4n) is 7.19. The number of carbonyl (C=O) groups excluding carboxylic acids is 1. The molecule has 46 heavy (non-hydrogen) atoms. The van der Waals surface area contributed by atoms with Crippen molar-refractivity contribution >= 4 is 17.3 Å². The number of hydrogen-bond acceptors (Lipinski definition) is 14. The number of phenols is 1. The number of benzene rings is 2. The van der Waals surface area contributed by atoms with Crippen molar-refractivity contribution in [3.63, 3.8) is 0 Å². The van der Waals surface area contributed by atoms with Gasteiger partial charge in [-0.25, -0.2) is 0 Å². The van der Waals surface area contributed by atoms with Crippen molar-refractivity contribution in [3.05, 3.63) is 63.3 Å². The number of aromatic hydroxyl groups is 1. The first-order valence-electron chi connectivity index (χ1n) is 14.9. The van der Waals surface area contributed by atoms with E-state index in [-0.39, 0.29) is 37.3 Å². The van der Waals surface area contributed by atoms with Gasteiger partial charge in [-0.2, -0.15) is 11.3 Å². The number of phenolic OH excluding ortho intramolecular Hbond substituents is 1. The van der Waals surface area contributed by atoms with Gasteiger partial charge in [-0.3, -0.25) is 4.79 Å². The number of carbonyl (C=O) groups is 1. The molecule has 3 aromatic rings. The minimum absolute atomic E-state index is 0.0241. The molecule has 3 saturated heterocycles. The lowest BCUT2D eigenvalue weighted by atomic mass is 9.66. The van der Waals surface area contributed by atoms with E-state index in [1.54, 1.807) is 18.2 Å². The molecule has 0 amide bonds. The standard InChI is InChI=1S/C32H32O13S/c1-37-20-5-14(6-21(38-2)25(20)33)23-15-7-18-19(42-12-41-18)8-16(15)28(17-9-39-30(36)24(17)23)44-32-27(35)26(34)29-22(43-32)10-40-31(45-29)13-3-4-46-11-13/h3-8,11,17,22-24,26-29,31-35H,9-10,12H2,1-2H3/t17-,22+,23+,24-,26+,27+,28+,29+,31-,32-/m0/s1. The predicted molar refractivity (Wildman–Crippen MR) is 156 cm³/mol. The van der Waals surface area contributed by atoms with Crippen LogP contribution in [0.4, 0.5) is 0 Å². The molecule has 2 aromatic carbocycles. The predicted octanol–water partition coefficient (Wildman–Crippen LogP) is 2.75. The van der Waals surface area contributed by atoms with E-state index in [0.717, 1.165) is 5.56 Å². The summed E-state index contributed by atoms with van der Waals surface area (Å²) < 4.78 is 52.6. The zero-order valence-electron chi connectivity index (χ0n) is 24.8. The number of rotatable bonds is 6. The summed E-state index contributed by atoms with van der Waals surface area (Å²) in [4.78, 5) is 13.5. The van der Waals surface area contributed by atoms with E-state index in [1.807, 2.05) is 22.9 Å². The average molecular weight is 657 g/mol. The van der Waals surface area contributed by atoms with Crippen LogP contribution in [0.1, 0.15) is 40.6 Å². The van der Waals surface area contributed by atoms with Crippen LogP contribution in [0.5, 0.6) is 28.7 Å². The monoisotopic (exact) mass is 656 g/mol. The Morgan fingerprint density at radius 3 is 2.33 bits per heavy atom. The van der Waals surface area contributed by atoms with Crippen LogP contribution in [0.25, 0.3) is 0 Å². The fourth-order valence-corrected chi connectivity index (χ4v) is 7.85. The highest BCUT2D eigenvalue weighted by Gasteiger charge is 2.56. The number of hydrogen-bond donors (Lipinski definition) is 3. The lowest BCUT2D eigenvalue weighted by Gasteiger charge is -2.48. The number of methoxy groups -OCH3 is 2. The van der Waals surface area contributed by atoms with Gasteiger partial charge in [0.05, 0.1) is 39.5 Å². The third-order valence-corrected chi connectivity index (χ3v) is 10.1. The molecule has 0 bridgehead atoms. The Kier molecular flexibility index (Phi) is 7.48. The molecule has 8 rings (SSSR count). The van der Waals surface area contributed by atoms with Crippen molar-refractivity contribution in [2.24, 2.45) is 11.8 Å². The van der Waals surface area contributed by atoms with E-state index in [0.29, 0.717) is 28.2 Å². The number of aliphatic hydroxyl groups is 2. The molecule has 14 heteroatoms. The van der Waals surface area contributed by atoms with Crippen LogP contribution in [-0.2, 0) is 28.5 Å². The number of esters is 1. The van der Waals surface area contributed by atoms with E-state index in [2.05, 4.69) is 0 Å². The highest BCUT2D eigenvalue weighted by Crippen LogP contribution is 2.57. The number of ether oxygens (including phenoxy) is 9. The smallest absolute Gasteiger partial charge is 0.310 e. The molecule has 0 saturated carbocycles. The molecule has 5 heterocycles. The first-order chi connectivity index (χ1) is 22.4. The largest absolute Gasteiger partial charge is 0.502 e. The molecule has 1 aliphatic carbocycles. The van der Waals surface area contributed by atoms with Crippen molar-refractivity contribution in [1.82, 2.24) is 0 Å². The molecule has 244 valence electrons. The minimum atomic E-state index is -1.47. The van der Waals surface area contributed by atoms with Crippen LogP contribution in [0.2, 0.25) is 0 Å². The molecule has 10 atom stereocenters. The Balaban J connectivity index is 1.16.